The molecule has 0 amide bonds. The maximum atomic E-state index is 12.1. The summed E-state index contributed by atoms with van der Waals surface area (Å²) in [5.74, 6) is 0.507. The summed E-state index contributed by atoms with van der Waals surface area (Å²) in [5, 5.41) is 0. The van der Waals surface area contributed by atoms with Crippen molar-refractivity contribution >= 4 is 10.0 Å². The van der Waals surface area contributed by atoms with Crippen LogP contribution >= 0.6 is 0 Å². The third kappa shape index (κ3) is 4.93. The van der Waals surface area contributed by atoms with E-state index in [2.05, 4.69) is 18.6 Å². The molecule has 3 N–H and O–H groups in total. The van der Waals surface area contributed by atoms with Crippen LogP contribution < -0.4 is 10.5 Å². The van der Waals surface area contributed by atoms with Gasteiger partial charge in [-0.05, 0) is 30.4 Å². The predicted molar refractivity (Wildman–Crippen MR) is 78.4 cm³/mol. The van der Waals surface area contributed by atoms with E-state index in [1.54, 1.807) is 19.1 Å². The lowest BCUT2D eigenvalue weighted by Gasteiger charge is -2.16. The molecule has 1 atom stereocenters. The zero-order chi connectivity index (χ0) is 14.5. The van der Waals surface area contributed by atoms with Gasteiger partial charge in [-0.3, -0.25) is 0 Å². The Kier molecular flexibility index (Phi) is 5.97. The highest BCUT2D eigenvalue weighted by Crippen LogP contribution is 2.18. The minimum Gasteiger partial charge on any atom is -0.327 e. The lowest BCUT2D eigenvalue weighted by atomic mass is 9.98. The monoisotopic (exact) mass is 284 g/mol. The predicted octanol–water partition coefficient (Wildman–Crippen LogP) is 1.90. The molecule has 5 heteroatoms. The smallest absolute Gasteiger partial charge is 0.240 e. The number of nitrogens with two attached hydrogens (primary N) is 1. The molecule has 108 valence electrons. The fourth-order valence-electron chi connectivity index (χ4n) is 2.17. The van der Waals surface area contributed by atoms with Gasteiger partial charge in [-0.1, -0.05) is 39.0 Å². The van der Waals surface area contributed by atoms with Crippen LogP contribution in [0.15, 0.2) is 29.2 Å². The Morgan fingerprint density at radius 2 is 1.89 bits per heavy atom. The number of nitrogens with one attached hydrogen (secondary N) is 1. The summed E-state index contributed by atoms with van der Waals surface area (Å²) in [6.45, 7) is 6.38. The molecular formula is C14H24N2O2S. The lowest BCUT2D eigenvalue weighted by Crippen LogP contribution is -2.28. The van der Waals surface area contributed by atoms with Crippen LogP contribution in [0.25, 0.3) is 0 Å². The van der Waals surface area contributed by atoms with Crippen molar-refractivity contribution in [3.63, 3.8) is 0 Å². The SMILES string of the molecule is CCNS(=O)(=O)c1ccccc1CC(N)CC(C)C. The Hall–Kier alpha value is -0.910. The van der Waals surface area contributed by atoms with Gasteiger partial charge >= 0.3 is 0 Å². The van der Waals surface area contributed by atoms with E-state index >= 15 is 0 Å². The molecule has 0 bridgehead atoms. The van der Waals surface area contributed by atoms with Crippen molar-refractivity contribution in [2.24, 2.45) is 11.7 Å². The van der Waals surface area contributed by atoms with Crippen LogP contribution in [-0.2, 0) is 16.4 Å². The number of hydrogen-bond donors (Lipinski definition) is 2. The van der Waals surface area contributed by atoms with E-state index in [0.29, 0.717) is 23.8 Å². The van der Waals surface area contributed by atoms with E-state index in [9.17, 15) is 8.42 Å². The Balaban J connectivity index is 2.97. The van der Waals surface area contributed by atoms with Gasteiger partial charge in [0.15, 0.2) is 0 Å². The average molecular weight is 284 g/mol. The first-order valence-electron chi connectivity index (χ1n) is 6.70. The summed E-state index contributed by atoms with van der Waals surface area (Å²) in [5.41, 5.74) is 6.87. The molecule has 0 fully saturated rings. The van der Waals surface area contributed by atoms with E-state index < -0.39 is 10.0 Å². The highest BCUT2D eigenvalue weighted by Gasteiger charge is 2.18. The van der Waals surface area contributed by atoms with Crippen LogP contribution in [0, 0.1) is 5.92 Å². The molecule has 1 aromatic rings. The molecule has 0 saturated carbocycles. The van der Waals surface area contributed by atoms with Gasteiger partial charge < -0.3 is 5.73 Å². The Bertz CT molecular complexity index is 498. The molecule has 0 aliphatic rings. The van der Waals surface area contributed by atoms with Crippen LogP contribution in [0.1, 0.15) is 32.8 Å². The lowest BCUT2D eigenvalue weighted by molar-refractivity contribution is 0.491. The summed E-state index contributed by atoms with van der Waals surface area (Å²) in [7, 11) is -3.42. The van der Waals surface area contributed by atoms with Crippen LogP contribution in [0.2, 0.25) is 0 Å². The highest BCUT2D eigenvalue weighted by molar-refractivity contribution is 7.89. The summed E-state index contributed by atoms with van der Waals surface area (Å²) < 4.78 is 26.7. The minimum atomic E-state index is -3.42. The molecule has 0 radical (unpaired) electrons. The first kappa shape index (κ1) is 16.1. The van der Waals surface area contributed by atoms with Gasteiger partial charge in [0.1, 0.15) is 0 Å². The molecule has 4 nitrogen and oxygen atoms in total. The topological polar surface area (TPSA) is 72.2 Å². The molecule has 0 saturated heterocycles. The van der Waals surface area contributed by atoms with Crippen molar-refractivity contribution in [2.75, 3.05) is 6.54 Å². The molecule has 0 aliphatic heterocycles. The standard InChI is InChI=1S/C14H24N2O2S/c1-4-16-19(17,18)14-8-6-5-7-12(14)10-13(15)9-11(2)3/h5-8,11,13,16H,4,9-10,15H2,1-3H3. The van der Waals surface area contributed by atoms with Gasteiger partial charge in [0, 0.05) is 12.6 Å². The van der Waals surface area contributed by atoms with E-state index in [1.165, 1.54) is 0 Å². The molecule has 0 aliphatic carbocycles. The van der Waals surface area contributed by atoms with Crippen molar-refractivity contribution < 1.29 is 8.42 Å². The Morgan fingerprint density at radius 3 is 2.47 bits per heavy atom. The van der Waals surface area contributed by atoms with E-state index in [4.69, 9.17) is 5.73 Å². The Labute approximate surface area is 116 Å². The second kappa shape index (κ2) is 7.03. The van der Waals surface area contributed by atoms with Gasteiger partial charge in [0.25, 0.3) is 0 Å². The van der Waals surface area contributed by atoms with Crippen LogP contribution in [0.4, 0.5) is 0 Å². The number of hydrogen-bond acceptors (Lipinski definition) is 3. The van der Waals surface area contributed by atoms with E-state index in [1.807, 2.05) is 12.1 Å². The summed E-state index contributed by atoms with van der Waals surface area (Å²) >= 11 is 0. The van der Waals surface area contributed by atoms with Gasteiger partial charge in [-0.25, -0.2) is 13.1 Å². The number of benzene rings is 1. The second-order valence-corrected chi connectivity index (χ2v) is 6.94. The molecule has 1 unspecified atom stereocenters. The van der Waals surface area contributed by atoms with E-state index in [0.717, 1.165) is 12.0 Å². The van der Waals surface area contributed by atoms with Gasteiger partial charge in [0.2, 0.25) is 10.0 Å². The quantitative estimate of drug-likeness (QED) is 0.803. The zero-order valence-corrected chi connectivity index (χ0v) is 12.7. The number of sulfonamides is 1. The largest absolute Gasteiger partial charge is 0.327 e. The van der Waals surface area contributed by atoms with Gasteiger partial charge in [-0.2, -0.15) is 0 Å². The van der Waals surface area contributed by atoms with Crippen molar-refractivity contribution in [3.8, 4) is 0 Å². The Morgan fingerprint density at radius 1 is 1.26 bits per heavy atom. The molecule has 1 rings (SSSR count). The maximum absolute atomic E-state index is 12.1. The van der Waals surface area contributed by atoms with Crippen molar-refractivity contribution in [1.29, 1.82) is 0 Å². The molecule has 19 heavy (non-hydrogen) atoms. The van der Waals surface area contributed by atoms with Gasteiger partial charge in [0.05, 0.1) is 4.90 Å². The number of rotatable bonds is 7. The molecule has 0 aromatic heterocycles. The normalized spacial score (nSPS) is 13.7. The molecule has 0 heterocycles. The van der Waals surface area contributed by atoms with Crippen LogP contribution in [0.3, 0.4) is 0 Å². The average Bonchev–Trinajstić information content (AvgIpc) is 2.28. The second-order valence-electron chi connectivity index (χ2n) is 5.20. The first-order chi connectivity index (χ1) is 8.86. The van der Waals surface area contributed by atoms with E-state index in [-0.39, 0.29) is 6.04 Å². The first-order valence-corrected chi connectivity index (χ1v) is 8.18. The van der Waals surface area contributed by atoms with Crippen molar-refractivity contribution in [2.45, 2.75) is 44.6 Å². The van der Waals surface area contributed by atoms with Crippen LogP contribution in [-0.4, -0.2) is 21.0 Å². The van der Waals surface area contributed by atoms with Crippen LogP contribution in [0.5, 0.6) is 0 Å². The third-order valence-corrected chi connectivity index (χ3v) is 4.50. The summed E-state index contributed by atoms with van der Waals surface area (Å²) in [6, 6.07) is 7.04. The highest BCUT2D eigenvalue weighted by atomic mass is 32.2. The molecule has 1 aromatic carbocycles. The third-order valence-electron chi connectivity index (χ3n) is 2.85. The molecule has 0 spiro atoms. The fourth-order valence-corrected chi connectivity index (χ4v) is 3.46. The fraction of sp³-hybridized carbons (Fsp3) is 0.571. The minimum absolute atomic E-state index is 0.0158. The molecular weight excluding hydrogens is 260 g/mol. The maximum Gasteiger partial charge on any atom is 0.240 e. The zero-order valence-electron chi connectivity index (χ0n) is 11.9. The van der Waals surface area contributed by atoms with Crippen molar-refractivity contribution in [1.82, 2.24) is 4.72 Å². The van der Waals surface area contributed by atoms with Gasteiger partial charge in [-0.15, -0.1) is 0 Å². The summed E-state index contributed by atoms with van der Waals surface area (Å²) in [4.78, 5) is 0.344. The van der Waals surface area contributed by atoms with Crippen molar-refractivity contribution in [3.05, 3.63) is 29.8 Å². The summed E-state index contributed by atoms with van der Waals surface area (Å²) in [6.07, 6.45) is 1.47.